The molecule has 2 unspecified atom stereocenters. The van der Waals surface area contributed by atoms with Crippen molar-refractivity contribution in [2.45, 2.75) is 41.0 Å². The average Bonchev–Trinajstić information content (AvgIpc) is 2.43. The third-order valence-corrected chi connectivity index (χ3v) is 5.98. The minimum atomic E-state index is -6.57. The molecular formula is C12H8Br2ClF7OS. The van der Waals surface area contributed by atoms with Crippen molar-refractivity contribution in [2.75, 3.05) is 0 Å². The minimum absolute atomic E-state index is 0.0487. The SMILES string of the molecule is CCC(Cl)c1c(Br)cc(Br)cc1S(=O)C(F)(F)C(F)(F)C(F)(F)F. The molecule has 0 spiro atoms. The predicted octanol–water partition coefficient (Wildman–Crippen LogP) is 6.80. The largest absolute Gasteiger partial charge is 0.461 e. The second-order valence-electron chi connectivity index (χ2n) is 4.53. The molecule has 24 heavy (non-hydrogen) atoms. The van der Waals surface area contributed by atoms with E-state index in [1.165, 1.54) is 13.0 Å². The molecule has 0 fully saturated rings. The van der Waals surface area contributed by atoms with Gasteiger partial charge in [-0.3, -0.25) is 0 Å². The van der Waals surface area contributed by atoms with E-state index in [9.17, 15) is 34.9 Å². The predicted molar refractivity (Wildman–Crippen MR) is 83.1 cm³/mol. The van der Waals surface area contributed by atoms with E-state index in [4.69, 9.17) is 11.6 Å². The number of hydrogen-bond acceptors (Lipinski definition) is 1. The van der Waals surface area contributed by atoms with Gasteiger partial charge in [0, 0.05) is 14.5 Å². The zero-order valence-electron chi connectivity index (χ0n) is 11.5. The van der Waals surface area contributed by atoms with Crippen LogP contribution in [0.3, 0.4) is 0 Å². The Morgan fingerprint density at radius 2 is 1.62 bits per heavy atom. The monoisotopic (exact) mass is 526 g/mol. The Kier molecular flexibility index (Phi) is 6.83. The summed E-state index contributed by atoms with van der Waals surface area (Å²) in [6.07, 6.45) is -6.44. The van der Waals surface area contributed by atoms with Gasteiger partial charge in [0.2, 0.25) is 0 Å². The summed E-state index contributed by atoms with van der Waals surface area (Å²) in [6, 6.07) is 2.10. The number of halogens is 10. The average molecular weight is 529 g/mol. The molecule has 0 bridgehead atoms. The van der Waals surface area contributed by atoms with Gasteiger partial charge < -0.3 is 0 Å². The molecule has 0 N–H and O–H groups in total. The third kappa shape index (κ3) is 3.93. The third-order valence-electron chi connectivity index (χ3n) is 2.88. The molecule has 0 amide bonds. The van der Waals surface area contributed by atoms with E-state index in [2.05, 4.69) is 31.9 Å². The van der Waals surface area contributed by atoms with Gasteiger partial charge in [0.1, 0.15) is 10.8 Å². The summed E-state index contributed by atoms with van der Waals surface area (Å²) in [5.41, 5.74) is -0.238. The fourth-order valence-corrected chi connectivity index (χ4v) is 5.17. The smallest absolute Gasteiger partial charge is 0.248 e. The lowest BCUT2D eigenvalue weighted by Crippen LogP contribution is -2.54. The van der Waals surface area contributed by atoms with E-state index in [-0.39, 0.29) is 20.9 Å². The maximum atomic E-state index is 13.7. The number of benzene rings is 1. The second kappa shape index (κ2) is 7.40. The summed E-state index contributed by atoms with van der Waals surface area (Å²) in [4.78, 5) is -0.910. The summed E-state index contributed by atoms with van der Waals surface area (Å²) in [7, 11) is -4.01. The van der Waals surface area contributed by atoms with Crippen molar-refractivity contribution in [1.82, 2.24) is 0 Å². The Bertz CT molecular complexity index is 651. The molecule has 1 nitrogen and oxygen atoms in total. The van der Waals surface area contributed by atoms with Crippen molar-refractivity contribution < 1.29 is 34.9 Å². The van der Waals surface area contributed by atoms with Crippen LogP contribution in [0, 0.1) is 0 Å². The van der Waals surface area contributed by atoms with Crippen LogP contribution in [0.5, 0.6) is 0 Å². The van der Waals surface area contributed by atoms with Gasteiger partial charge in [-0.25, -0.2) is 4.21 Å². The van der Waals surface area contributed by atoms with Crippen LogP contribution in [0.25, 0.3) is 0 Å². The van der Waals surface area contributed by atoms with Crippen molar-refractivity contribution >= 4 is 54.3 Å². The molecule has 0 aliphatic rings. The zero-order chi connectivity index (χ0) is 19.1. The highest BCUT2D eigenvalue weighted by Crippen LogP contribution is 2.51. The first-order valence-corrected chi connectivity index (χ1v) is 9.22. The highest BCUT2D eigenvalue weighted by Gasteiger charge is 2.76. The van der Waals surface area contributed by atoms with Crippen LogP contribution in [0.1, 0.15) is 24.3 Å². The molecule has 1 rings (SSSR count). The molecule has 0 heterocycles. The highest BCUT2D eigenvalue weighted by atomic mass is 79.9. The first-order chi connectivity index (χ1) is 10.7. The van der Waals surface area contributed by atoms with Crippen LogP contribution in [0.15, 0.2) is 26.0 Å². The number of alkyl halides is 8. The van der Waals surface area contributed by atoms with Gasteiger partial charge in [0.25, 0.3) is 0 Å². The van der Waals surface area contributed by atoms with E-state index < -0.39 is 38.4 Å². The maximum Gasteiger partial charge on any atom is 0.461 e. The fraction of sp³-hybridized carbons (Fsp3) is 0.500. The van der Waals surface area contributed by atoms with E-state index in [1.54, 1.807) is 0 Å². The van der Waals surface area contributed by atoms with E-state index in [0.717, 1.165) is 6.07 Å². The van der Waals surface area contributed by atoms with Crippen molar-refractivity contribution in [3.8, 4) is 0 Å². The Labute approximate surface area is 156 Å². The standard InChI is InChI=1S/C12H8Br2ClF7OS/c1-2-7(15)9-6(14)3-5(13)4-8(9)24(23)12(21,22)10(16,17)11(18,19)20/h3-4,7H,2H2,1H3. The highest BCUT2D eigenvalue weighted by molar-refractivity contribution is 9.11. The van der Waals surface area contributed by atoms with E-state index in [0.29, 0.717) is 0 Å². The topological polar surface area (TPSA) is 17.1 Å². The molecular weight excluding hydrogens is 520 g/mol. The first-order valence-electron chi connectivity index (χ1n) is 6.05. The molecule has 1 aromatic rings. The van der Waals surface area contributed by atoms with Crippen LogP contribution in [-0.4, -0.2) is 21.6 Å². The lowest BCUT2D eigenvalue weighted by Gasteiger charge is -2.28. The quantitative estimate of drug-likeness (QED) is 0.304. The van der Waals surface area contributed by atoms with Crippen molar-refractivity contribution in [3.63, 3.8) is 0 Å². The summed E-state index contributed by atoms with van der Waals surface area (Å²) >= 11 is 11.8. The Hall–Kier alpha value is 0.130. The molecule has 0 saturated carbocycles. The zero-order valence-corrected chi connectivity index (χ0v) is 16.3. The molecule has 12 heteroatoms. The fourth-order valence-electron chi connectivity index (χ4n) is 1.64. The molecule has 1 aromatic carbocycles. The maximum absolute atomic E-state index is 13.7. The summed E-state index contributed by atoms with van der Waals surface area (Å²) in [6.45, 7) is 1.53. The Balaban J connectivity index is 3.59. The van der Waals surface area contributed by atoms with Crippen molar-refractivity contribution in [2.24, 2.45) is 0 Å². The summed E-state index contributed by atoms with van der Waals surface area (Å²) < 4.78 is 103. The second-order valence-corrected chi connectivity index (χ2v) is 8.32. The summed E-state index contributed by atoms with van der Waals surface area (Å²) in [5.74, 6) is -6.48. The molecule has 0 aliphatic heterocycles. The first kappa shape index (κ1) is 22.2. The van der Waals surface area contributed by atoms with Crippen LogP contribution in [0.4, 0.5) is 30.7 Å². The van der Waals surface area contributed by atoms with Gasteiger partial charge in [-0.15, -0.1) is 11.6 Å². The van der Waals surface area contributed by atoms with Gasteiger partial charge >= 0.3 is 17.4 Å². The molecule has 0 saturated heterocycles. The Morgan fingerprint density at radius 1 is 1.12 bits per heavy atom. The van der Waals surface area contributed by atoms with E-state index in [1.807, 2.05) is 0 Å². The normalized spacial score (nSPS) is 16.1. The lowest BCUT2D eigenvalue weighted by atomic mass is 10.1. The van der Waals surface area contributed by atoms with Gasteiger partial charge in [-0.05, 0) is 18.6 Å². The van der Waals surface area contributed by atoms with Crippen LogP contribution < -0.4 is 0 Å². The van der Waals surface area contributed by atoms with Crippen molar-refractivity contribution in [1.29, 1.82) is 0 Å². The Morgan fingerprint density at radius 3 is 2.04 bits per heavy atom. The van der Waals surface area contributed by atoms with Gasteiger partial charge in [-0.2, -0.15) is 30.7 Å². The van der Waals surface area contributed by atoms with Gasteiger partial charge in [0.15, 0.2) is 0 Å². The van der Waals surface area contributed by atoms with Crippen molar-refractivity contribution in [3.05, 3.63) is 26.6 Å². The minimum Gasteiger partial charge on any atom is -0.248 e. The van der Waals surface area contributed by atoms with Crippen LogP contribution in [0.2, 0.25) is 0 Å². The lowest BCUT2D eigenvalue weighted by molar-refractivity contribution is -0.331. The van der Waals surface area contributed by atoms with Gasteiger partial charge in [0.05, 0.1) is 10.3 Å². The van der Waals surface area contributed by atoms with Gasteiger partial charge in [-0.1, -0.05) is 38.8 Å². The molecule has 2 atom stereocenters. The number of rotatable bonds is 5. The number of hydrogen-bond donors (Lipinski definition) is 0. The molecule has 0 aromatic heterocycles. The molecule has 0 aliphatic carbocycles. The van der Waals surface area contributed by atoms with Crippen LogP contribution in [-0.2, 0) is 10.8 Å². The van der Waals surface area contributed by atoms with E-state index >= 15 is 0 Å². The molecule has 138 valence electrons. The molecule has 0 radical (unpaired) electrons. The van der Waals surface area contributed by atoms with Crippen LogP contribution >= 0.6 is 43.5 Å². The summed E-state index contributed by atoms with van der Waals surface area (Å²) in [5, 5.41) is -6.91.